The molecule has 1 saturated carbocycles. The molecule has 2 fully saturated rings. The van der Waals surface area contributed by atoms with Crippen LogP contribution in [0.5, 0.6) is 0 Å². The molecular weight excluding hydrogens is 675 g/mol. The van der Waals surface area contributed by atoms with Crippen LogP contribution in [-0.4, -0.2) is 65.8 Å². The van der Waals surface area contributed by atoms with Gasteiger partial charge in [-0.15, -0.1) is 0 Å². The van der Waals surface area contributed by atoms with E-state index in [1.54, 1.807) is 0 Å². The molecule has 2 aromatic carbocycles. The van der Waals surface area contributed by atoms with Crippen molar-refractivity contribution in [3.63, 3.8) is 0 Å². The number of ketones is 3. The fraction of sp³-hybridized carbons (Fsp3) is 0.630. The third-order valence-electron chi connectivity index (χ3n) is 11.3. The van der Waals surface area contributed by atoms with Crippen LogP contribution in [-0.2, 0) is 36.8 Å². The molecule has 8 heteroatoms. The molecule has 1 aliphatic heterocycles. The standard InChI is InChI=1S/C46H67N3O5/c1-33(2)28-40(47-44(53)37(22-21-35-16-9-6-10-17-35)31-39(50)20-15-27-49-25-13-8-14-26-49)42(51)32-38(30-36-18-11-7-12-19-36)45(54)48-41(29-34(3)4)43(52)46(5)23-24-46/h6-7,9-12,16-19,33-34,37-38,40-41H,8,13-15,20-32H2,1-5H3,(H,47,53)(H,48,54)/t37-,38?,40+,41?/m1/s1. The topological polar surface area (TPSA) is 113 Å². The van der Waals surface area contributed by atoms with E-state index in [1.807, 2.05) is 95.3 Å². The average molecular weight is 742 g/mol. The Hall–Kier alpha value is -3.65. The van der Waals surface area contributed by atoms with Gasteiger partial charge < -0.3 is 15.5 Å². The number of hydrogen-bond acceptors (Lipinski definition) is 6. The lowest BCUT2D eigenvalue weighted by molar-refractivity contribution is -0.135. The number of nitrogens with zero attached hydrogens (tertiary/aromatic N) is 1. The number of nitrogens with one attached hydrogen (secondary N) is 2. The summed E-state index contributed by atoms with van der Waals surface area (Å²) in [5, 5.41) is 6.17. The smallest absolute Gasteiger partial charge is 0.224 e. The molecule has 0 aromatic heterocycles. The van der Waals surface area contributed by atoms with E-state index in [0.717, 1.165) is 50.0 Å². The summed E-state index contributed by atoms with van der Waals surface area (Å²) in [6.07, 6.45) is 9.10. The van der Waals surface area contributed by atoms with Crippen molar-refractivity contribution in [2.24, 2.45) is 29.1 Å². The minimum absolute atomic E-state index is 0.0671. The van der Waals surface area contributed by atoms with Gasteiger partial charge in [0.1, 0.15) is 5.78 Å². The quantitative estimate of drug-likeness (QED) is 0.114. The molecule has 2 aliphatic rings. The molecule has 4 rings (SSSR count). The fourth-order valence-electron chi connectivity index (χ4n) is 7.79. The first-order valence-electron chi connectivity index (χ1n) is 20.8. The molecule has 2 aromatic rings. The van der Waals surface area contributed by atoms with Gasteiger partial charge in [0.15, 0.2) is 11.6 Å². The van der Waals surface area contributed by atoms with Crippen molar-refractivity contribution in [1.29, 1.82) is 0 Å². The SMILES string of the molecule is CC(C)CC(NC(=O)C(CC(=O)[C@H](CC(C)C)NC(=O)[C@H](CCc1ccccc1)CC(=O)CCCN1CCCCC1)Cc1ccccc1)C(=O)C1(C)CC1. The van der Waals surface area contributed by atoms with E-state index in [-0.39, 0.29) is 53.8 Å². The third-order valence-corrected chi connectivity index (χ3v) is 11.3. The average Bonchev–Trinajstić information content (AvgIpc) is 3.91. The summed E-state index contributed by atoms with van der Waals surface area (Å²) in [6.45, 7) is 13.2. The molecule has 0 bridgehead atoms. The zero-order valence-electron chi connectivity index (χ0n) is 33.7. The second kappa shape index (κ2) is 21.4. The molecule has 1 heterocycles. The first-order chi connectivity index (χ1) is 25.8. The summed E-state index contributed by atoms with van der Waals surface area (Å²) in [6, 6.07) is 18.2. The molecule has 0 spiro atoms. The van der Waals surface area contributed by atoms with E-state index >= 15 is 0 Å². The van der Waals surface area contributed by atoms with Crippen LogP contribution in [0.3, 0.4) is 0 Å². The Labute approximate surface area is 325 Å². The summed E-state index contributed by atoms with van der Waals surface area (Å²) in [4.78, 5) is 71.7. The lowest BCUT2D eigenvalue weighted by atomic mass is 9.87. The molecule has 296 valence electrons. The zero-order valence-corrected chi connectivity index (χ0v) is 33.7. The molecule has 2 unspecified atom stereocenters. The lowest BCUT2D eigenvalue weighted by Crippen LogP contribution is -2.49. The number of hydrogen-bond donors (Lipinski definition) is 2. The van der Waals surface area contributed by atoms with Crippen molar-refractivity contribution < 1.29 is 24.0 Å². The second-order valence-corrected chi connectivity index (χ2v) is 17.3. The molecule has 2 N–H and O–H groups in total. The number of likely N-dealkylation sites (tertiary alicyclic amines) is 1. The highest BCUT2D eigenvalue weighted by Gasteiger charge is 2.48. The Bertz CT molecular complexity index is 1500. The number of benzene rings is 2. The van der Waals surface area contributed by atoms with Crippen molar-refractivity contribution in [2.45, 2.75) is 137 Å². The van der Waals surface area contributed by atoms with Gasteiger partial charge in [-0.1, -0.05) is 102 Å². The van der Waals surface area contributed by atoms with E-state index < -0.39 is 29.3 Å². The molecule has 1 aliphatic carbocycles. The third kappa shape index (κ3) is 14.5. The minimum Gasteiger partial charge on any atom is -0.346 e. The van der Waals surface area contributed by atoms with Crippen molar-refractivity contribution in [1.82, 2.24) is 15.5 Å². The number of carbonyl (C=O) groups excluding carboxylic acids is 5. The maximum atomic E-state index is 14.3. The van der Waals surface area contributed by atoms with Crippen LogP contribution in [0.25, 0.3) is 0 Å². The van der Waals surface area contributed by atoms with E-state index in [1.165, 1.54) is 19.3 Å². The van der Waals surface area contributed by atoms with Crippen LogP contribution in [0.1, 0.15) is 123 Å². The lowest BCUT2D eigenvalue weighted by Gasteiger charge is -2.27. The van der Waals surface area contributed by atoms with Gasteiger partial charge >= 0.3 is 0 Å². The Morgan fingerprint density at radius 2 is 1.26 bits per heavy atom. The maximum absolute atomic E-state index is 14.3. The predicted octanol–water partition coefficient (Wildman–Crippen LogP) is 7.71. The van der Waals surface area contributed by atoms with Gasteiger partial charge in [0, 0.05) is 36.5 Å². The van der Waals surface area contributed by atoms with Crippen LogP contribution in [0.2, 0.25) is 0 Å². The Balaban J connectivity index is 1.48. The van der Waals surface area contributed by atoms with Crippen molar-refractivity contribution in [3.05, 3.63) is 71.8 Å². The number of rotatable bonds is 24. The molecule has 0 radical (unpaired) electrons. The summed E-state index contributed by atoms with van der Waals surface area (Å²) < 4.78 is 0. The molecule has 2 amide bonds. The summed E-state index contributed by atoms with van der Waals surface area (Å²) >= 11 is 0. The van der Waals surface area contributed by atoms with Crippen LogP contribution < -0.4 is 10.6 Å². The summed E-state index contributed by atoms with van der Waals surface area (Å²) in [7, 11) is 0. The van der Waals surface area contributed by atoms with E-state index in [2.05, 4.69) is 15.5 Å². The highest BCUT2D eigenvalue weighted by molar-refractivity contribution is 5.97. The van der Waals surface area contributed by atoms with E-state index in [4.69, 9.17) is 0 Å². The Morgan fingerprint density at radius 1 is 0.704 bits per heavy atom. The van der Waals surface area contributed by atoms with Crippen LogP contribution in [0, 0.1) is 29.1 Å². The van der Waals surface area contributed by atoms with Crippen molar-refractivity contribution >= 4 is 29.2 Å². The van der Waals surface area contributed by atoms with Gasteiger partial charge in [0.05, 0.1) is 12.1 Å². The predicted molar refractivity (Wildman–Crippen MR) is 216 cm³/mol. The Kier molecular flexibility index (Phi) is 17.1. The normalized spacial score (nSPS) is 17.7. The Morgan fingerprint density at radius 3 is 1.85 bits per heavy atom. The van der Waals surface area contributed by atoms with Crippen LogP contribution >= 0.6 is 0 Å². The van der Waals surface area contributed by atoms with E-state index in [9.17, 15) is 24.0 Å². The molecule has 4 atom stereocenters. The molecule has 54 heavy (non-hydrogen) atoms. The number of piperidine rings is 1. The van der Waals surface area contributed by atoms with Gasteiger partial charge in [0.2, 0.25) is 11.8 Å². The van der Waals surface area contributed by atoms with Crippen molar-refractivity contribution in [3.8, 4) is 0 Å². The number of Topliss-reactive ketones (excluding diaryl/α,β-unsaturated/α-hetero) is 3. The number of carbonyl (C=O) groups is 5. The van der Waals surface area contributed by atoms with Gasteiger partial charge in [0.25, 0.3) is 0 Å². The van der Waals surface area contributed by atoms with E-state index in [0.29, 0.717) is 38.5 Å². The highest BCUT2D eigenvalue weighted by Crippen LogP contribution is 2.47. The summed E-state index contributed by atoms with van der Waals surface area (Å²) in [5.41, 5.74) is 1.63. The molecule has 8 nitrogen and oxygen atoms in total. The first kappa shape index (κ1) is 43.1. The zero-order chi connectivity index (χ0) is 39.1. The first-order valence-corrected chi connectivity index (χ1v) is 20.8. The van der Waals surface area contributed by atoms with Crippen LogP contribution in [0.4, 0.5) is 0 Å². The van der Waals surface area contributed by atoms with Crippen molar-refractivity contribution in [2.75, 3.05) is 19.6 Å². The molecule has 1 saturated heterocycles. The minimum atomic E-state index is -0.796. The largest absolute Gasteiger partial charge is 0.346 e. The van der Waals surface area contributed by atoms with Crippen LogP contribution in [0.15, 0.2) is 60.7 Å². The second-order valence-electron chi connectivity index (χ2n) is 17.3. The highest BCUT2D eigenvalue weighted by atomic mass is 16.2. The van der Waals surface area contributed by atoms with Gasteiger partial charge in [-0.3, -0.25) is 24.0 Å². The summed E-state index contributed by atoms with van der Waals surface area (Å²) in [5.74, 6) is -1.60. The molecular formula is C46H67N3O5. The number of amides is 2. The monoisotopic (exact) mass is 742 g/mol. The van der Waals surface area contributed by atoms with Gasteiger partial charge in [-0.05, 0) is 107 Å². The van der Waals surface area contributed by atoms with Gasteiger partial charge in [-0.2, -0.15) is 0 Å². The van der Waals surface area contributed by atoms with Gasteiger partial charge in [-0.25, -0.2) is 0 Å². The fourth-order valence-corrected chi connectivity index (χ4v) is 7.79. The number of aryl methyl sites for hydroxylation is 1. The maximum Gasteiger partial charge on any atom is 0.224 e.